The first-order chi connectivity index (χ1) is 10.2. The Morgan fingerprint density at radius 1 is 1.23 bits per heavy atom. The third-order valence-corrected chi connectivity index (χ3v) is 3.16. The minimum atomic E-state index is -1.63. The van der Waals surface area contributed by atoms with Crippen molar-refractivity contribution in [2.24, 2.45) is 0 Å². The first kappa shape index (κ1) is 18.4. The van der Waals surface area contributed by atoms with Crippen LogP contribution in [-0.2, 0) is 15.3 Å². The zero-order chi connectivity index (χ0) is 16.8. The van der Waals surface area contributed by atoms with Crippen LogP contribution in [0.25, 0.3) is 0 Å². The van der Waals surface area contributed by atoms with E-state index in [0.717, 1.165) is 0 Å². The number of nitrogens with one attached hydrogen (secondary N) is 1. The molecule has 0 bridgehead atoms. The first-order valence-electron chi connectivity index (χ1n) is 6.96. The van der Waals surface area contributed by atoms with E-state index in [4.69, 9.17) is 13.7 Å². The molecule has 6 nitrogen and oxygen atoms in total. The lowest BCUT2D eigenvalue weighted by Crippen LogP contribution is -2.33. The Labute approximate surface area is 133 Å². The topological polar surface area (TPSA) is 73.9 Å². The van der Waals surface area contributed by atoms with Gasteiger partial charge >= 0.3 is 6.09 Å². The van der Waals surface area contributed by atoms with E-state index in [1.807, 2.05) is 13.8 Å². The summed E-state index contributed by atoms with van der Waals surface area (Å²) in [5.41, 5.74) is -0.547. The maximum Gasteiger partial charge on any atom is 0.413 e. The lowest BCUT2D eigenvalue weighted by atomic mass is 10.2. The molecule has 0 saturated heterocycles. The van der Waals surface area contributed by atoms with Gasteiger partial charge in [0.1, 0.15) is 5.88 Å². The van der Waals surface area contributed by atoms with Crippen LogP contribution < -0.4 is 14.8 Å². The Kier molecular flexibility index (Phi) is 6.83. The summed E-state index contributed by atoms with van der Waals surface area (Å²) in [5, 5.41) is 2.39. The predicted molar refractivity (Wildman–Crippen MR) is 85.2 cm³/mol. The van der Waals surface area contributed by atoms with Crippen LogP contribution >= 0.6 is 0 Å². The molecule has 124 valence electrons. The Balaban J connectivity index is 2.54. The minimum absolute atomic E-state index is 0.0412. The van der Waals surface area contributed by atoms with Crippen LogP contribution in [0.3, 0.4) is 0 Å². The van der Waals surface area contributed by atoms with E-state index in [2.05, 4.69) is 5.32 Å². The number of rotatable bonds is 6. The van der Waals surface area contributed by atoms with Gasteiger partial charge in [-0.25, -0.2) is 9.00 Å². The van der Waals surface area contributed by atoms with Crippen molar-refractivity contribution in [3.63, 3.8) is 0 Å². The van der Waals surface area contributed by atoms with E-state index >= 15 is 0 Å². The molecular formula is C15H23NO5S. The molecule has 7 heteroatoms. The maximum absolute atomic E-state index is 11.7. The molecule has 0 aliphatic heterocycles. The van der Waals surface area contributed by atoms with Gasteiger partial charge in [0.25, 0.3) is 0 Å². The Morgan fingerprint density at radius 2 is 1.82 bits per heavy atom. The summed E-state index contributed by atoms with van der Waals surface area (Å²) in [4.78, 5) is 11.7. The van der Waals surface area contributed by atoms with E-state index in [0.29, 0.717) is 11.5 Å². The minimum Gasteiger partial charge on any atom is -0.487 e. The molecule has 0 spiro atoms. The highest BCUT2D eigenvalue weighted by Gasteiger charge is 2.17. The second-order valence-corrected chi connectivity index (χ2v) is 6.89. The van der Waals surface area contributed by atoms with Crippen molar-refractivity contribution in [2.75, 3.05) is 5.88 Å². The van der Waals surface area contributed by atoms with Crippen LogP contribution in [0.5, 0.6) is 11.5 Å². The van der Waals surface area contributed by atoms with Crippen molar-refractivity contribution in [1.29, 1.82) is 0 Å². The number of para-hydroxylation sites is 2. The fourth-order valence-corrected chi connectivity index (χ4v) is 2.30. The lowest BCUT2D eigenvalue weighted by molar-refractivity contribution is 0.151. The predicted octanol–water partition coefficient (Wildman–Crippen LogP) is 3.00. The van der Waals surface area contributed by atoms with Crippen molar-refractivity contribution in [2.45, 2.75) is 46.3 Å². The lowest BCUT2D eigenvalue weighted by Gasteiger charge is -2.18. The summed E-state index contributed by atoms with van der Waals surface area (Å²) in [5.74, 6) is 0.625. The molecule has 1 amide bonds. The molecule has 1 atom stereocenters. The Morgan fingerprint density at radius 3 is 2.36 bits per heavy atom. The highest BCUT2D eigenvalue weighted by molar-refractivity contribution is 7.80. The standard InChI is InChI=1S/C15H23NO5S/c1-11(2)19-12-8-6-7-9-13(12)20-14(17)16-10-22(18)21-15(3,4)5/h6-9,11H,10H2,1-5H3,(H,16,17). The largest absolute Gasteiger partial charge is 0.487 e. The number of hydrogen-bond acceptors (Lipinski definition) is 5. The maximum atomic E-state index is 11.7. The van der Waals surface area contributed by atoms with E-state index in [9.17, 15) is 9.00 Å². The van der Waals surface area contributed by atoms with Crippen LogP contribution in [0.4, 0.5) is 4.79 Å². The fourth-order valence-electron chi connectivity index (χ4n) is 1.45. The molecule has 0 heterocycles. The number of carbonyl (C=O) groups excluding carboxylic acids is 1. The molecule has 0 aliphatic carbocycles. The fraction of sp³-hybridized carbons (Fsp3) is 0.533. The number of hydrogen-bond donors (Lipinski definition) is 1. The van der Waals surface area contributed by atoms with Gasteiger partial charge in [0.2, 0.25) is 0 Å². The van der Waals surface area contributed by atoms with Gasteiger partial charge in [0.05, 0.1) is 11.7 Å². The van der Waals surface area contributed by atoms with Gasteiger partial charge in [0, 0.05) is 0 Å². The summed E-state index contributed by atoms with van der Waals surface area (Å²) >= 11 is -1.63. The van der Waals surface area contributed by atoms with Crippen LogP contribution in [0.2, 0.25) is 0 Å². The third-order valence-electron chi connectivity index (χ3n) is 2.09. The molecule has 1 rings (SSSR count). The van der Waals surface area contributed by atoms with E-state index in [1.54, 1.807) is 45.0 Å². The molecule has 0 radical (unpaired) electrons. The van der Waals surface area contributed by atoms with Gasteiger partial charge in [-0.2, -0.15) is 0 Å². The summed E-state index contributed by atoms with van der Waals surface area (Å²) in [6.45, 7) is 9.10. The average Bonchev–Trinajstić information content (AvgIpc) is 2.36. The van der Waals surface area contributed by atoms with Crippen molar-refractivity contribution in [3.05, 3.63) is 24.3 Å². The SMILES string of the molecule is CC(C)Oc1ccccc1OC(=O)NCS(=O)OC(C)(C)C. The molecule has 0 aliphatic rings. The summed E-state index contributed by atoms with van der Waals surface area (Å²) < 4.78 is 27.5. The molecule has 0 aromatic heterocycles. The monoisotopic (exact) mass is 329 g/mol. The van der Waals surface area contributed by atoms with E-state index in [1.165, 1.54) is 0 Å². The average molecular weight is 329 g/mol. The summed E-state index contributed by atoms with van der Waals surface area (Å²) in [6, 6.07) is 6.86. The molecule has 1 unspecified atom stereocenters. The zero-order valence-corrected chi connectivity index (χ0v) is 14.4. The van der Waals surface area contributed by atoms with E-state index < -0.39 is 22.8 Å². The molecule has 1 aromatic rings. The normalized spacial score (nSPS) is 12.8. The smallest absolute Gasteiger partial charge is 0.413 e. The van der Waals surface area contributed by atoms with Gasteiger partial charge in [-0.3, -0.25) is 4.18 Å². The number of benzene rings is 1. The molecular weight excluding hydrogens is 306 g/mol. The Bertz CT molecular complexity index is 525. The van der Waals surface area contributed by atoms with Crippen molar-refractivity contribution >= 4 is 17.2 Å². The Hall–Kier alpha value is -1.60. The van der Waals surface area contributed by atoms with Gasteiger partial charge in [-0.1, -0.05) is 12.1 Å². The number of ether oxygens (including phenoxy) is 2. The molecule has 0 fully saturated rings. The second kappa shape index (κ2) is 8.14. The van der Waals surface area contributed by atoms with Crippen molar-refractivity contribution in [1.82, 2.24) is 5.32 Å². The van der Waals surface area contributed by atoms with Gasteiger partial charge in [-0.05, 0) is 46.8 Å². The van der Waals surface area contributed by atoms with Gasteiger partial charge < -0.3 is 14.8 Å². The van der Waals surface area contributed by atoms with E-state index in [-0.39, 0.29) is 12.0 Å². The van der Waals surface area contributed by atoms with Crippen molar-refractivity contribution in [3.8, 4) is 11.5 Å². The zero-order valence-electron chi connectivity index (χ0n) is 13.5. The molecule has 1 aromatic carbocycles. The first-order valence-corrected chi connectivity index (χ1v) is 8.21. The molecule has 1 N–H and O–H groups in total. The van der Waals surface area contributed by atoms with Gasteiger partial charge in [-0.15, -0.1) is 0 Å². The summed E-state index contributed by atoms with van der Waals surface area (Å²) in [7, 11) is 0. The molecule has 22 heavy (non-hydrogen) atoms. The van der Waals surface area contributed by atoms with Crippen LogP contribution in [0.1, 0.15) is 34.6 Å². The number of carbonyl (C=O) groups is 1. The molecule has 0 saturated carbocycles. The van der Waals surface area contributed by atoms with Crippen LogP contribution in [0.15, 0.2) is 24.3 Å². The number of amides is 1. The highest BCUT2D eigenvalue weighted by Crippen LogP contribution is 2.27. The second-order valence-electron chi connectivity index (χ2n) is 5.82. The summed E-state index contributed by atoms with van der Waals surface area (Å²) in [6.07, 6.45) is -0.758. The van der Waals surface area contributed by atoms with Crippen LogP contribution in [-0.4, -0.2) is 27.9 Å². The highest BCUT2D eigenvalue weighted by atomic mass is 32.2. The van der Waals surface area contributed by atoms with Crippen LogP contribution in [0, 0.1) is 0 Å². The third kappa shape index (κ3) is 7.42. The van der Waals surface area contributed by atoms with Gasteiger partial charge in [0.15, 0.2) is 22.6 Å². The van der Waals surface area contributed by atoms with Crippen molar-refractivity contribution < 1.29 is 22.7 Å². The quantitative estimate of drug-likeness (QED) is 0.868.